The van der Waals surface area contributed by atoms with E-state index in [2.05, 4.69) is 31.3 Å². The maximum atomic E-state index is 12.4. The van der Waals surface area contributed by atoms with Gasteiger partial charge in [-0.15, -0.1) is 0 Å². The third-order valence-electron chi connectivity index (χ3n) is 13.0. The van der Waals surface area contributed by atoms with Gasteiger partial charge in [0.05, 0.1) is 25.4 Å². The topological polar surface area (TPSA) is 95.9 Å². The number of ether oxygens (including phenoxy) is 1. The van der Waals surface area contributed by atoms with Crippen LogP contribution in [0.15, 0.2) is 24.3 Å². The number of unbranched alkanes of at least 4 members (excludes halogenated alkanes) is 39. The molecule has 0 bridgehead atoms. The van der Waals surface area contributed by atoms with E-state index < -0.39 is 12.1 Å². The van der Waals surface area contributed by atoms with E-state index in [4.69, 9.17) is 4.74 Å². The summed E-state index contributed by atoms with van der Waals surface area (Å²) in [5.41, 5.74) is 0. The molecule has 0 radical (unpaired) electrons. The molecule has 0 rings (SSSR count). The van der Waals surface area contributed by atoms with Gasteiger partial charge < -0.3 is 20.3 Å². The summed E-state index contributed by atoms with van der Waals surface area (Å²) < 4.78 is 5.48. The van der Waals surface area contributed by atoms with Gasteiger partial charge in [0.15, 0.2) is 0 Å². The molecule has 0 aliphatic carbocycles. The van der Waals surface area contributed by atoms with Crippen LogP contribution in [0.4, 0.5) is 0 Å². The maximum Gasteiger partial charge on any atom is 0.305 e. The molecule has 63 heavy (non-hydrogen) atoms. The fourth-order valence-electron chi connectivity index (χ4n) is 8.63. The van der Waals surface area contributed by atoms with Crippen molar-refractivity contribution in [2.75, 3.05) is 13.2 Å². The van der Waals surface area contributed by atoms with Crippen molar-refractivity contribution in [3.63, 3.8) is 0 Å². The predicted molar refractivity (Wildman–Crippen MR) is 273 cm³/mol. The van der Waals surface area contributed by atoms with Crippen molar-refractivity contribution >= 4 is 11.9 Å². The van der Waals surface area contributed by atoms with E-state index in [-0.39, 0.29) is 18.5 Å². The minimum absolute atomic E-state index is 0.00965. The lowest BCUT2D eigenvalue weighted by molar-refractivity contribution is -0.143. The number of amides is 1. The number of nitrogens with one attached hydrogen (secondary N) is 1. The minimum Gasteiger partial charge on any atom is -0.466 e. The van der Waals surface area contributed by atoms with Gasteiger partial charge in [-0.3, -0.25) is 9.59 Å². The Hall–Kier alpha value is -1.66. The normalized spacial score (nSPS) is 12.8. The van der Waals surface area contributed by atoms with Crippen molar-refractivity contribution < 1.29 is 24.5 Å². The van der Waals surface area contributed by atoms with Crippen molar-refractivity contribution in [3.8, 4) is 0 Å². The molecule has 0 saturated carbocycles. The van der Waals surface area contributed by atoms with E-state index in [1.807, 2.05) is 6.08 Å². The fourth-order valence-corrected chi connectivity index (χ4v) is 8.63. The Labute approximate surface area is 392 Å². The molecule has 0 aliphatic rings. The molecule has 2 unspecified atom stereocenters. The molecule has 2 atom stereocenters. The number of allylic oxidation sites excluding steroid dienone is 3. The van der Waals surface area contributed by atoms with Crippen LogP contribution in [-0.4, -0.2) is 47.4 Å². The maximum absolute atomic E-state index is 12.4. The molecule has 0 spiro atoms. The van der Waals surface area contributed by atoms with Crippen LogP contribution >= 0.6 is 0 Å². The molecule has 372 valence electrons. The van der Waals surface area contributed by atoms with Crippen molar-refractivity contribution in [1.29, 1.82) is 0 Å². The van der Waals surface area contributed by atoms with E-state index in [1.54, 1.807) is 6.08 Å². The summed E-state index contributed by atoms with van der Waals surface area (Å²) in [4.78, 5) is 24.4. The van der Waals surface area contributed by atoms with Crippen LogP contribution < -0.4 is 5.32 Å². The Kier molecular flexibility index (Phi) is 51.6. The predicted octanol–water partition coefficient (Wildman–Crippen LogP) is 17.1. The SMILES string of the molecule is CCCCCCCCCCC/C=C/C(O)C(CO)NC(=O)CCCCCCCCC/C=C\CCCCCCCCCCCCOC(=O)CCCCCCCCCCCCCCCC. The van der Waals surface area contributed by atoms with Gasteiger partial charge in [0.2, 0.25) is 5.91 Å². The van der Waals surface area contributed by atoms with Gasteiger partial charge in [0, 0.05) is 12.8 Å². The number of aliphatic hydroxyl groups excluding tert-OH is 2. The zero-order valence-corrected chi connectivity index (χ0v) is 42.3. The molecule has 1 amide bonds. The molecule has 0 aliphatic heterocycles. The highest BCUT2D eigenvalue weighted by Gasteiger charge is 2.18. The van der Waals surface area contributed by atoms with Gasteiger partial charge in [-0.25, -0.2) is 0 Å². The van der Waals surface area contributed by atoms with Gasteiger partial charge in [-0.2, -0.15) is 0 Å². The first-order valence-electron chi connectivity index (χ1n) is 28.1. The largest absolute Gasteiger partial charge is 0.466 e. The summed E-state index contributed by atoms with van der Waals surface area (Å²) in [6.07, 6.45) is 63.4. The Morgan fingerprint density at radius 2 is 0.746 bits per heavy atom. The lowest BCUT2D eigenvalue weighted by atomic mass is 10.0. The number of aliphatic hydroxyl groups is 2. The van der Waals surface area contributed by atoms with Crippen LogP contribution in [0.5, 0.6) is 0 Å². The average Bonchev–Trinajstić information content (AvgIpc) is 3.28. The van der Waals surface area contributed by atoms with Crippen molar-refractivity contribution in [2.45, 2.75) is 315 Å². The fraction of sp³-hybridized carbons (Fsp3) is 0.895. The van der Waals surface area contributed by atoms with E-state index in [1.165, 1.54) is 231 Å². The first kappa shape index (κ1) is 61.3. The highest BCUT2D eigenvalue weighted by molar-refractivity contribution is 5.76. The van der Waals surface area contributed by atoms with Crippen molar-refractivity contribution in [3.05, 3.63) is 24.3 Å². The second kappa shape index (κ2) is 53.0. The monoisotopic (exact) mass is 888 g/mol. The molecular formula is C57H109NO5. The van der Waals surface area contributed by atoms with Crippen LogP contribution in [0.2, 0.25) is 0 Å². The molecule has 0 heterocycles. The highest BCUT2D eigenvalue weighted by atomic mass is 16.5. The van der Waals surface area contributed by atoms with Crippen LogP contribution in [0, 0.1) is 0 Å². The molecule has 3 N–H and O–H groups in total. The molecule has 0 saturated heterocycles. The molecule has 6 heteroatoms. The van der Waals surface area contributed by atoms with E-state index in [9.17, 15) is 19.8 Å². The van der Waals surface area contributed by atoms with Gasteiger partial charge in [-0.05, 0) is 57.8 Å². The molecule has 6 nitrogen and oxygen atoms in total. The van der Waals surface area contributed by atoms with E-state index in [0.29, 0.717) is 19.4 Å². The zero-order valence-electron chi connectivity index (χ0n) is 42.3. The number of esters is 1. The van der Waals surface area contributed by atoms with Crippen molar-refractivity contribution in [2.24, 2.45) is 0 Å². The Morgan fingerprint density at radius 3 is 1.13 bits per heavy atom. The summed E-state index contributed by atoms with van der Waals surface area (Å²) in [6.45, 7) is 4.89. The molecule has 0 fully saturated rings. The Balaban J connectivity index is 3.42. The zero-order chi connectivity index (χ0) is 45.8. The van der Waals surface area contributed by atoms with Crippen LogP contribution in [0.25, 0.3) is 0 Å². The third-order valence-corrected chi connectivity index (χ3v) is 13.0. The number of hydrogen-bond acceptors (Lipinski definition) is 5. The first-order valence-corrected chi connectivity index (χ1v) is 28.1. The van der Waals surface area contributed by atoms with Crippen LogP contribution in [-0.2, 0) is 14.3 Å². The lowest BCUT2D eigenvalue weighted by Crippen LogP contribution is -2.45. The number of hydrogen-bond donors (Lipinski definition) is 3. The van der Waals surface area contributed by atoms with Gasteiger partial charge in [0.1, 0.15) is 0 Å². The van der Waals surface area contributed by atoms with Gasteiger partial charge >= 0.3 is 5.97 Å². The van der Waals surface area contributed by atoms with Crippen LogP contribution in [0.3, 0.4) is 0 Å². The summed E-state index contributed by atoms with van der Waals surface area (Å²) in [7, 11) is 0. The van der Waals surface area contributed by atoms with Gasteiger partial charge in [0.25, 0.3) is 0 Å². The lowest BCUT2D eigenvalue weighted by Gasteiger charge is -2.20. The summed E-state index contributed by atoms with van der Waals surface area (Å²) in [6, 6.07) is -0.631. The Morgan fingerprint density at radius 1 is 0.429 bits per heavy atom. The summed E-state index contributed by atoms with van der Waals surface area (Å²) in [5, 5.41) is 23.0. The number of carbonyl (C=O) groups excluding carboxylic acids is 2. The number of rotatable bonds is 52. The molecule has 0 aromatic carbocycles. The minimum atomic E-state index is -0.847. The number of carbonyl (C=O) groups is 2. The van der Waals surface area contributed by atoms with Crippen LogP contribution in [0.1, 0.15) is 303 Å². The molecular weight excluding hydrogens is 779 g/mol. The second-order valence-electron chi connectivity index (χ2n) is 19.3. The van der Waals surface area contributed by atoms with Gasteiger partial charge in [-0.1, -0.05) is 256 Å². The second-order valence-corrected chi connectivity index (χ2v) is 19.3. The quantitative estimate of drug-likeness (QED) is 0.0321. The Bertz CT molecular complexity index is 982. The summed E-state index contributed by atoms with van der Waals surface area (Å²) in [5.74, 6) is -0.0671. The smallest absolute Gasteiger partial charge is 0.305 e. The molecule has 0 aromatic heterocycles. The highest BCUT2D eigenvalue weighted by Crippen LogP contribution is 2.16. The van der Waals surface area contributed by atoms with Crippen molar-refractivity contribution in [1.82, 2.24) is 5.32 Å². The molecule has 0 aromatic rings. The first-order chi connectivity index (χ1) is 31.0. The average molecular weight is 889 g/mol. The third kappa shape index (κ3) is 49.6. The van der Waals surface area contributed by atoms with E-state index >= 15 is 0 Å². The standard InChI is InChI=1S/C57H109NO5/c1-3-5-7-9-11-13-15-16-27-31-35-39-43-47-51-57(62)63-52-48-44-40-36-32-28-25-23-21-19-17-18-20-22-24-26-30-34-38-42-46-50-56(61)58-54(53-59)55(60)49-45-41-37-33-29-14-12-10-8-6-4-2/h18,20,45,49,54-55,59-60H,3-17,19,21-44,46-48,50-53H2,1-2H3,(H,58,61)/b20-18-,49-45+. The van der Waals surface area contributed by atoms with E-state index in [0.717, 1.165) is 44.9 Å². The summed E-state index contributed by atoms with van der Waals surface area (Å²) >= 11 is 0.